The highest BCUT2D eigenvalue weighted by molar-refractivity contribution is 7.96. The fourth-order valence-electron chi connectivity index (χ4n) is 3.13. The van der Waals surface area contributed by atoms with Crippen molar-refractivity contribution in [1.82, 2.24) is 10.6 Å². The molecule has 0 atom stereocenters. The quantitative estimate of drug-likeness (QED) is 0.593. The molecule has 2 amide bonds. The third-order valence-electron chi connectivity index (χ3n) is 4.58. The van der Waals surface area contributed by atoms with Crippen molar-refractivity contribution in [2.24, 2.45) is 0 Å². The summed E-state index contributed by atoms with van der Waals surface area (Å²) in [6.45, 7) is 0.633. The highest BCUT2D eigenvalue weighted by Crippen LogP contribution is 2.32. The second kappa shape index (κ2) is 7.81. The van der Waals surface area contributed by atoms with E-state index in [0.717, 1.165) is 10.1 Å². The molecule has 2 aromatic carbocycles. The van der Waals surface area contributed by atoms with Gasteiger partial charge >= 0.3 is 0 Å². The van der Waals surface area contributed by atoms with Gasteiger partial charge in [0.1, 0.15) is 4.91 Å². The molecule has 0 bridgehead atoms. The Kier molecular flexibility index (Phi) is 5.21. The second-order valence-corrected chi connectivity index (χ2v) is 9.53. The van der Waals surface area contributed by atoms with Crippen molar-refractivity contribution in [3.05, 3.63) is 69.9 Å². The molecule has 2 heterocycles. The monoisotopic (exact) mass is 426 g/mol. The minimum absolute atomic E-state index is 0.153. The Morgan fingerprint density at radius 1 is 0.897 bits per heavy atom. The van der Waals surface area contributed by atoms with Crippen molar-refractivity contribution in [2.75, 3.05) is 13.1 Å². The van der Waals surface area contributed by atoms with E-state index in [1.165, 1.54) is 23.5 Å². The zero-order valence-electron chi connectivity index (χ0n) is 15.3. The van der Waals surface area contributed by atoms with Gasteiger partial charge in [-0.1, -0.05) is 36.4 Å². The Bertz CT molecular complexity index is 1210. The topological polar surface area (TPSA) is 92.3 Å². The molecular formula is C21H18N2O4S2. The Labute approximate surface area is 172 Å². The first-order valence-electron chi connectivity index (χ1n) is 9.07. The SMILES string of the molecule is O=C(NCCCNC(=O)c1cc2ccccc2s1)C1=Cc2ccccc2S1(=O)=O. The van der Waals surface area contributed by atoms with E-state index in [1.54, 1.807) is 18.2 Å². The van der Waals surface area contributed by atoms with E-state index < -0.39 is 15.7 Å². The van der Waals surface area contributed by atoms with Gasteiger partial charge in [0, 0.05) is 17.8 Å². The first kappa shape index (κ1) is 19.4. The summed E-state index contributed by atoms with van der Waals surface area (Å²) >= 11 is 1.43. The summed E-state index contributed by atoms with van der Waals surface area (Å²) < 4.78 is 26.0. The van der Waals surface area contributed by atoms with Crippen LogP contribution in [0, 0.1) is 0 Å². The van der Waals surface area contributed by atoms with Gasteiger partial charge in [-0.25, -0.2) is 8.42 Å². The van der Waals surface area contributed by atoms with Gasteiger partial charge in [-0.05, 0) is 41.6 Å². The largest absolute Gasteiger partial charge is 0.351 e. The average Bonchev–Trinajstić information content (AvgIpc) is 3.26. The zero-order chi connectivity index (χ0) is 20.4. The van der Waals surface area contributed by atoms with E-state index in [9.17, 15) is 18.0 Å². The lowest BCUT2D eigenvalue weighted by Gasteiger charge is -2.07. The minimum Gasteiger partial charge on any atom is -0.351 e. The smallest absolute Gasteiger partial charge is 0.263 e. The summed E-state index contributed by atoms with van der Waals surface area (Å²) in [5, 5.41) is 6.47. The lowest BCUT2D eigenvalue weighted by molar-refractivity contribution is -0.116. The molecule has 0 saturated heterocycles. The lowest BCUT2D eigenvalue weighted by Crippen LogP contribution is -2.31. The van der Waals surface area contributed by atoms with E-state index in [-0.39, 0.29) is 22.3 Å². The molecule has 148 valence electrons. The summed E-state index contributed by atoms with van der Waals surface area (Å²) in [6, 6.07) is 16.2. The van der Waals surface area contributed by atoms with Gasteiger partial charge in [-0.2, -0.15) is 0 Å². The number of benzene rings is 2. The van der Waals surface area contributed by atoms with Crippen molar-refractivity contribution >= 4 is 49.2 Å². The summed E-state index contributed by atoms with van der Waals surface area (Å²) in [5.41, 5.74) is 0.522. The van der Waals surface area contributed by atoms with Crippen molar-refractivity contribution in [1.29, 1.82) is 0 Å². The van der Waals surface area contributed by atoms with Crippen LogP contribution in [0.15, 0.2) is 64.4 Å². The highest BCUT2D eigenvalue weighted by atomic mass is 32.2. The standard InChI is InChI=1S/C21H18N2O4S2/c24-20(17-12-14-6-1-3-8-16(14)28-17)22-10-5-11-23-21(25)19-13-15-7-2-4-9-18(15)29(19,26)27/h1-4,6-9,12-13H,5,10-11H2,(H,22,24)(H,23,25). The molecule has 3 aromatic rings. The predicted octanol–water partition coefficient (Wildman–Crippen LogP) is 2.97. The first-order chi connectivity index (χ1) is 14.0. The molecule has 0 spiro atoms. The van der Waals surface area contributed by atoms with Crippen LogP contribution >= 0.6 is 11.3 Å². The van der Waals surface area contributed by atoms with E-state index in [4.69, 9.17) is 0 Å². The molecule has 1 aromatic heterocycles. The molecule has 0 fully saturated rings. The zero-order valence-corrected chi connectivity index (χ0v) is 17.0. The average molecular weight is 427 g/mol. The number of nitrogens with one attached hydrogen (secondary N) is 2. The number of hydrogen-bond donors (Lipinski definition) is 2. The third-order valence-corrected chi connectivity index (χ3v) is 7.53. The first-order valence-corrected chi connectivity index (χ1v) is 11.4. The molecule has 0 saturated carbocycles. The Morgan fingerprint density at radius 2 is 1.59 bits per heavy atom. The maximum Gasteiger partial charge on any atom is 0.263 e. The molecule has 4 rings (SSSR count). The summed E-state index contributed by atoms with van der Waals surface area (Å²) in [5.74, 6) is -0.786. The molecule has 1 aliphatic rings. The minimum atomic E-state index is -3.77. The van der Waals surface area contributed by atoms with Gasteiger partial charge < -0.3 is 10.6 Å². The molecule has 1 aliphatic heterocycles. The van der Waals surface area contributed by atoms with Crippen LogP contribution in [-0.2, 0) is 14.6 Å². The summed E-state index contributed by atoms with van der Waals surface area (Å²) in [7, 11) is -3.77. The number of fused-ring (bicyclic) bond motifs is 2. The van der Waals surface area contributed by atoms with E-state index in [1.807, 2.05) is 30.3 Å². The van der Waals surface area contributed by atoms with Crippen molar-refractivity contribution in [3.8, 4) is 0 Å². The van der Waals surface area contributed by atoms with Crippen LogP contribution in [0.5, 0.6) is 0 Å². The van der Waals surface area contributed by atoms with Crippen LogP contribution in [0.1, 0.15) is 21.7 Å². The van der Waals surface area contributed by atoms with Crippen LogP contribution in [-0.4, -0.2) is 33.3 Å². The van der Waals surface area contributed by atoms with Gasteiger partial charge in [-0.3, -0.25) is 9.59 Å². The molecule has 0 unspecified atom stereocenters. The number of sulfone groups is 1. The van der Waals surface area contributed by atoms with E-state index in [2.05, 4.69) is 10.6 Å². The number of rotatable bonds is 6. The molecule has 0 aliphatic carbocycles. The predicted molar refractivity (Wildman–Crippen MR) is 113 cm³/mol. The fourth-order valence-corrected chi connectivity index (χ4v) is 5.64. The number of carbonyl (C=O) groups is 2. The van der Waals surface area contributed by atoms with E-state index >= 15 is 0 Å². The van der Waals surface area contributed by atoms with Crippen molar-refractivity contribution < 1.29 is 18.0 Å². The molecule has 2 N–H and O–H groups in total. The Hall–Kier alpha value is -2.97. The Balaban J connectivity index is 1.27. The maximum atomic E-state index is 12.4. The molecular weight excluding hydrogens is 408 g/mol. The number of carbonyl (C=O) groups excluding carboxylic acids is 2. The van der Waals surface area contributed by atoms with Crippen LogP contribution < -0.4 is 10.6 Å². The van der Waals surface area contributed by atoms with Crippen LogP contribution in [0.2, 0.25) is 0 Å². The molecule has 8 heteroatoms. The Morgan fingerprint density at radius 3 is 2.34 bits per heavy atom. The summed E-state index contributed by atoms with van der Waals surface area (Å²) in [4.78, 5) is 25.1. The molecule has 6 nitrogen and oxygen atoms in total. The second-order valence-electron chi connectivity index (χ2n) is 6.56. The van der Waals surface area contributed by atoms with Gasteiger partial charge in [0.2, 0.25) is 9.84 Å². The third kappa shape index (κ3) is 3.81. The van der Waals surface area contributed by atoms with Gasteiger partial charge in [0.05, 0.1) is 9.77 Å². The maximum absolute atomic E-state index is 12.4. The molecule has 0 radical (unpaired) electrons. The van der Waals surface area contributed by atoms with Crippen LogP contribution in [0.3, 0.4) is 0 Å². The number of hydrogen-bond acceptors (Lipinski definition) is 5. The lowest BCUT2D eigenvalue weighted by atomic mass is 10.2. The van der Waals surface area contributed by atoms with Crippen molar-refractivity contribution in [2.45, 2.75) is 11.3 Å². The van der Waals surface area contributed by atoms with Gasteiger partial charge in [0.25, 0.3) is 11.8 Å². The van der Waals surface area contributed by atoms with Crippen LogP contribution in [0.25, 0.3) is 16.2 Å². The summed E-state index contributed by atoms with van der Waals surface area (Å²) in [6.07, 6.45) is 1.88. The van der Waals surface area contributed by atoms with Crippen LogP contribution in [0.4, 0.5) is 0 Å². The molecule has 29 heavy (non-hydrogen) atoms. The van der Waals surface area contributed by atoms with Gasteiger partial charge in [-0.15, -0.1) is 11.3 Å². The number of thiophene rings is 1. The normalized spacial score (nSPS) is 14.3. The highest BCUT2D eigenvalue weighted by Gasteiger charge is 2.33. The number of amides is 2. The van der Waals surface area contributed by atoms with Crippen molar-refractivity contribution in [3.63, 3.8) is 0 Å². The van der Waals surface area contributed by atoms with Gasteiger partial charge in [0.15, 0.2) is 0 Å². The van der Waals surface area contributed by atoms with E-state index in [0.29, 0.717) is 23.4 Å². The fraction of sp³-hybridized carbons (Fsp3) is 0.143.